The van der Waals surface area contributed by atoms with Crippen molar-refractivity contribution >= 4 is 22.5 Å². The number of aromatic nitrogens is 2. The Kier molecular flexibility index (Phi) is 3.54. The van der Waals surface area contributed by atoms with Crippen LogP contribution in [0.2, 0.25) is 0 Å². The lowest BCUT2D eigenvalue weighted by Gasteiger charge is -2.09. The molecule has 0 aliphatic heterocycles. The first-order valence-corrected chi connectivity index (χ1v) is 4.66. The monoisotopic (exact) mass is 235 g/mol. The Labute approximate surface area is 97.8 Å². The summed E-state index contributed by atoms with van der Waals surface area (Å²) in [5.41, 5.74) is 0.748. The van der Waals surface area contributed by atoms with Crippen molar-refractivity contribution in [3.63, 3.8) is 0 Å². The van der Waals surface area contributed by atoms with Gasteiger partial charge < -0.3 is 11.1 Å². The largest absolute Gasteiger partial charge is 0.347 e. The number of nitrogens with zero attached hydrogens (tertiary/aromatic N) is 4. The number of rotatable bonds is 2. The van der Waals surface area contributed by atoms with Crippen molar-refractivity contribution < 1.29 is 4.92 Å². The van der Waals surface area contributed by atoms with Gasteiger partial charge in [0, 0.05) is 37.8 Å². The highest BCUT2D eigenvalue weighted by Crippen LogP contribution is 2.19. The minimum Gasteiger partial charge on any atom is -0.347 e. The highest BCUT2D eigenvalue weighted by Gasteiger charge is 2.08. The smallest absolute Gasteiger partial charge is 0.270 e. The first-order valence-electron chi connectivity index (χ1n) is 4.66. The van der Waals surface area contributed by atoms with E-state index in [1.54, 1.807) is 17.2 Å². The lowest BCUT2D eigenvalue weighted by molar-refractivity contribution is -0.384. The van der Waals surface area contributed by atoms with Crippen LogP contribution < -0.4 is 11.1 Å². The first kappa shape index (κ1) is 12.8. The quantitative estimate of drug-likeness (QED) is 0.627. The molecular weight excluding hydrogens is 222 g/mol. The maximum absolute atomic E-state index is 10.6. The number of nitro benzene ring substituents is 1. The number of hydrogen-bond donors (Lipinski definition) is 1. The highest BCUT2D eigenvalue weighted by molar-refractivity contribution is 5.81. The van der Waals surface area contributed by atoms with Gasteiger partial charge >= 0.3 is 0 Å². The van der Waals surface area contributed by atoms with Crippen LogP contribution in [0, 0.1) is 10.1 Å². The van der Waals surface area contributed by atoms with Crippen molar-refractivity contribution in [1.29, 1.82) is 0 Å². The van der Waals surface area contributed by atoms with Gasteiger partial charge in [0.1, 0.15) is 0 Å². The zero-order valence-electron chi connectivity index (χ0n) is 9.62. The molecule has 17 heavy (non-hydrogen) atoms. The molecule has 0 aliphatic carbocycles. The second-order valence-electron chi connectivity index (χ2n) is 3.56. The van der Waals surface area contributed by atoms with E-state index in [9.17, 15) is 10.1 Å². The maximum Gasteiger partial charge on any atom is 0.270 e. The molecule has 0 bridgehead atoms. The predicted molar refractivity (Wildman–Crippen MR) is 65.5 cm³/mol. The van der Waals surface area contributed by atoms with Crippen LogP contribution in [0.15, 0.2) is 24.4 Å². The van der Waals surface area contributed by atoms with Crippen LogP contribution in [-0.2, 0) is 0 Å². The van der Waals surface area contributed by atoms with Gasteiger partial charge in [-0.3, -0.25) is 10.1 Å². The van der Waals surface area contributed by atoms with E-state index in [0.29, 0.717) is 16.9 Å². The van der Waals surface area contributed by atoms with Crippen LogP contribution in [-0.4, -0.2) is 29.0 Å². The molecule has 0 atom stereocenters. The van der Waals surface area contributed by atoms with Gasteiger partial charge in [-0.2, -0.15) is 0 Å². The number of fused-ring (bicyclic) bond motifs is 1. The van der Waals surface area contributed by atoms with Gasteiger partial charge in [0.25, 0.3) is 5.69 Å². The number of nitro groups is 1. The second kappa shape index (κ2) is 4.71. The number of non-ortho nitro benzene ring substituents is 1. The summed E-state index contributed by atoms with van der Waals surface area (Å²) in [5.74, 6) is 0.585. The van der Waals surface area contributed by atoms with E-state index >= 15 is 0 Å². The lowest BCUT2D eigenvalue weighted by atomic mass is 10.2. The van der Waals surface area contributed by atoms with Crippen LogP contribution in [0.25, 0.3) is 10.9 Å². The molecule has 7 heteroatoms. The molecule has 0 saturated carbocycles. The molecule has 0 amide bonds. The molecule has 3 N–H and O–H groups in total. The van der Waals surface area contributed by atoms with E-state index in [0.717, 1.165) is 0 Å². The van der Waals surface area contributed by atoms with E-state index in [-0.39, 0.29) is 11.8 Å². The normalized spacial score (nSPS) is 9.76. The summed E-state index contributed by atoms with van der Waals surface area (Å²) in [6.07, 6.45) is 1.59. The van der Waals surface area contributed by atoms with Crippen LogP contribution in [0.1, 0.15) is 0 Å². The van der Waals surface area contributed by atoms with E-state index in [2.05, 4.69) is 9.97 Å². The minimum absolute atomic E-state index is 0. The minimum atomic E-state index is -0.431. The zero-order valence-corrected chi connectivity index (χ0v) is 9.62. The Morgan fingerprint density at radius 2 is 2.06 bits per heavy atom. The molecule has 0 fully saturated rings. The van der Waals surface area contributed by atoms with Crippen molar-refractivity contribution in [3.05, 3.63) is 34.5 Å². The fourth-order valence-electron chi connectivity index (χ4n) is 1.34. The van der Waals surface area contributed by atoms with Crippen molar-refractivity contribution in [2.24, 2.45) is 0 Å². The third-order valence-corrected chi connectivity index (χ3v) is 2.16. The molecule has 1 heterocycles. The van der Waals surface area contributed by atoms with Gasteiger partial charge in [-0.25, -0.2) is 9.97 Å². The van der Waals surface area contributed by atoms with Crippen molar-refractivity contribution in [1.82, 2.24) is 16.1 Å². The fourth-order valence-corrected chi connectivity index (χ4v) is 1.34. The number of benzene rings is 1. The van der Waals surface area contributed by atoms with Crippen LogP contribution in [0.4, 0.5) is 11.6 Å². The average molecular weight is 235 g/mol. The molecule has 2 rings (SSSR count). The van der Waals surface area contributed by atoms with E-state index in [1.165, 1.54) is 12.1 Å². The summed E-state index contributed by atoms with van der Waals surface area (Å²) in [5, 5.41) is 11.2. The Bertz CT molecular complexity index is 555. The summed E-state index contributed by atoms with van der Waals surface area (Å²) in [7, 11) is 3.68. The van der Waals surface area contributed by atoms with Crippen molar-refractivity contribution in [2.75, 3.05) is 19.0 Å². The van der Waals surface area contributed by atoms with Crippen molar-refractivity contribution in [3.8, 4) is 0 Å². The molecule has 0 spiro atoms. The Hall–Kier alpha value is -2.28. The fraction of sp³-hybridized carbons (Fsp3) is 0.200. The van der Waals surface area contributed by atoms with E-state index in [4.69, 9.17) is 0 Å². The van der Waals surface area contributed by atoms with Gasteiger partial charge in [0.15, 0.2) is 0 Å². The molecule has 1 aromatic heterocycles. The van der Waals surface area contributed by atoms with Crippen molar-refractivity contribution in [2.45, 2.75) is 0 Å². The predicted octanol–water partition coefficient (Wildman–Crippen LogP) is 1.77. The summed E-state index contributed by atoms with van der Waals surface area (Å²) >= 11 is 0. The van der Waals surface area contributed by atoms with Gasteiger partial charge in [0.2, 0.25) is 5.95 Å². The first-order chi connectivity index (χ1) is 7.58. The maximum atomic E-state index is 10.6. The van der Waals surface area contributed by atoms with Gasteiger partial charge in [-0.15, -0.1) is 0 Å². The molecule has 0 radical (unpaired) electrons. The molecule has 1 aromatic carbocycles. The molecule has 0 saturated heterocycles. The molecular formula is C10H13N5O2. The summed E-state index contributed by atoms with van der Waals surface area (Å²) in [4.78, 5) is 20.3. The lowest BCUT2D eigenvalue weighted by Crippen LogP contribution is -2.12. The highest BCUT2D eigenvalue weighted by atomic mass is 16.6. The van der Waals surface area contributed by atoms with Crippen LogP contribution in [0.5, 0.6) is 0 Å². The molecule has 7 nitrogen and oxygen atoms in total. The summed E-state index contributed by atoms with van der Waals surface area (Å²) in [6, 6.07) is 4.53. The summed E-state index contributed by atoms with van der Waals surface area (Å²) in [6.45, 7) is 0. The van der Waals surface area contributed by atoms with Crippen LogP contribution >= 0.6 is 0 Å². The number of hydrogen-bond acceptors (Lipinski definition) is 6. The van der Waals surface area contributed by atoms with Gasteiger partial charge in [0.05, 0.1) is 10.4 Å². The Morgan fingerprint density at radius 1 is 1.35 bits per heavy atom. The van der Waals surface area contributed by atoms with Crippen LogP contribution in [0.3, 0.4) is 0 Å². The Morgan fingerprint density at radius 3 is 2.65 bits per heavy atom. The number of anilines is 1. The Balaban J connectivity index is 0.00000144. The third-order valence-electron chi connectivity index (χ3n) is 2.16. The standard InChI is InChI=1S/C10H10N4O2.H3N/c1-13(2)10-11-6-7-5-8(14(15)16)3-4-9(7)12-10;/h3-6H,1-2H3;1H3. The summed E-state index contributed by atoms with van der Waals surface area (Å²) < 4.78 is 0. The average Bonchev–Trinajstić information content (AvgIpc) is 2.27. The van der Waals surface area contributed by atoms with E-state index in [1.807, 2.05) is 14.1 Å². The molecule has 90 valence electrons. The van der Waals surface area contributed by atoms with E-state index < -0.39 is 4.92 Å². The topological polar surface area (TPSA) is 107 Å². The molecule has 2 aromatic rings. The second-order valence-corrected chi connectivity index (χ2v) is 3.56. The SMILES string of the molecule is CN(C)c1ncc2cc([N+](=O)[O-])ccc2n1.N. The molecule has 0 aliphatic rings. The van der Waals surface area contributed by atoms with Gasteiger partial charge in [-0.1, -0.05) is 0 Å². The molecule has 0 unspecified atom stereocenters. The van der Waals surface area contributed by atoms with Gasteiger partial charge in [-0.05, 0) is 6.07 Å². The third kappa shape index (κ3) is 2.45. The zero-order chi connectivity index (χ0) is 11.7.